The second-order valence-corrected chi connectivity index (χ2v) is 9.21. The number of benzene rings is 2. The predicted octanol–water partition coefficient (Wildman–Crippen LogP) is 1.57. The summed E-state index contributed by atoms with van der Waals surface area (Å²) >= 11 is 6.24. The van der Waals surface area contributed by atoms with E-state index in [0.717, 1.165) is 5.56 Å². The Kier molecular flexibility index (Phi) is 5.22. The lowest BCUT2D eigenvalue weighted by atomic mass is 9.76. The van der Waals surface area contributed by atoms with Gasteiger partial charge < -0.3 is 11.1 Å². The smallest absolute Gasteiger partial charge is 0.250 e. The summed E-state index contributed by atoms with van der Waals surface area (Å²) in [6.07, 6.45) is 0.790. The minimum absolute atomic E-state index is 0.0342. The Bertz CT molecular complexity index is 1170. The van der Waals surface area contributed by atoms with E-state index in [2.05, 4.69) is 10.6 Å². The minimum atomic E-state index is -1.43. The molecule has 170 valence electrons. The van der Waals surface area contributed by atoms with E-state index in [1.165, 1.54) is 4.90 Å². The first kappa shape index (κ1) is 21.6. The summed E-state index contributed by atoms with van der Waals surface area (Å²) in [5.74, 6) is -3.34. The number of likely N-dealkylation sites (tertiary alicyclic amines) is 1. The van der Waals surface area contributed by atoms with Gasteiger partial charge in [0.15, 0.2) is 0 Å². The van der Waals surface area contributed by atoms with Crippen molar-refractivity contribution in [2.45, 2.75) is 30.8 Å². The molecule has 3 heterocycles. The summed E-state index contributed by atoms with van der Waals surface area (Å²) in [6.45, 7) is 0.220. The molecule has 4 atom stereocenters. The van der Waals surface area contributed by atoms with Crippen LogP contribution in [-0.4, -0.2) is 41.1 Å². The fraction of sp³-hybridized carbons (Fsp3) is 0.333. The molecule has 33 heavy (non-hydrogen) atoms. The molecule has 0 bridgehead atoms. The fourth-order valence-corrected chi connectivity index (χ4v) is 5.66. The van der Waals surface area contributed by atoms with Crippen molar-refractivity contribution in [2.75, 3.05) is 11.9 Å². The molecule has 0 aromatic heterocycles. The number of nitrogens with two attached hydrogens (primary N) is 1. The zero-order valence-electron chi connectivity index (χ0n) is 17.7. The van der Waals surface area contributed by atoms with Gasteiger partial charge in [0.2, 0.25) is 23.6 Å². The number of nitrogens with one attached hydrogen (secondary N) is 2. The second kappa shape index (κ2) is 7.97. The van der Waals surface area contributed by atoms with Gasteiger partial charge in [0.1, 0.15) is 5.54 Å². The summed E-state index contributed by atoms with van der Waals surface area (Å²) in [5, 5.41) is 6.51. The number of halogens is 1. The first-order valence-corrected chi connectivity index (χ1v) is 11.3. The van der Waals surface area contributed by atoms with Gasteiger partial charge in [-0.15, -0.1) is 0 Å². The highest BCUT2D eigenvalue weighted by molar-refractivity contribution is 6.31. The van der Waals surface area contributed by atoms with Gasteiger partial charge in [-0.3, -0.25) is 29.4 Å². The Labute approximate surface area is 195 Å². The molecule has 4 N–H and O–H groups in total. The van der Waals surface area contributed by atoms with Crippen molar-refractivity contribution in [3.8, 4) is 0 Å². The number of rotatable bonds is 6. The van der Waals surface area contributed by atoms with E-state index in [-0.39, 0.29) is 25.3 Å². The van der Waals surface area contributed by atoms with E-state index in [4.69, 9.17) is 17.3 Å². The number of carbonyl (C=O) groups is 4. The Hall–Kier alpha value is -3.23. The van der Waals surface area contributed by atoms with E-state index < -0.39 is 41.1 Å². The molecule has 0 aliphatic carbocycles. The highest BCUT2D eigenvalue weighted by Crippen LogP contribution is 2.53. The minimum Gasteiger partial charge on any atom is -0.370 e. The standard InChI is InChI=1S/C24H23ClN4O4/c25-14-6-7-16-15(12-14)24(23(33)27-16)20-19(17(28-24)8-9-18(26)30)21(31)29(22(20)32)11-10-13-4-2-1-3-5-13/h1-7,12,17,19-20,28H,8-11H2,(H2,26,30)(H,27,33)/t17-,19+,20+,24-/m1/s1. The maximum Gasteiger partial charge on any atom is 0.250 e. The Morgan fingerprint density at radius 2 is 1.85 bits per heavy atom. The van der Waals surface area contributed by atoms with Crippen LogP contribution >= 0.6 is 11.6 Å². The Balaban J connectivity index is 1.53. The summed E-state index contributed by atoms with van der Waals surface area (Å²) in [5.41, 5.74) is 6.02. The van der Waals surface area contributed by atoms with Gasteiger partial charge in [0.25, 0.3) is 0 Å². The number of fused-ring (bicyclic) bond motifs is 4. The van der Waals surface area contributed by atoms with Gasteiger partial charge in [-0.1, -0.05) is 41.9 Å². The lowest BCUT2D eigenvalue weighted by Crippen LogP contribution is -2.53. The number of anilines is 1. The molecule has 0 saturated carbocycles. The number of hydrogen-bond acceptors (Lipinski definition) is 5. The van der Waals surface area contributed by atoms with E-state index >= 15 is 0 Å². The SMILES string of the molecule is NC(=O)CC[C@H]1N[C@@]2(C(=O)Nc3ccc(Cl)cc32)[C@@H]2C(=O)N(CCc3ccccc3)C(=O)[C@H]21. The van der Waals surface area contributed by atoms with Crippen LogP contribution in [0.3, 0.4) is 0 Å². The summed E-state index contributed by atoms with van der Waals surface area (Å²) in [7, 11) is 0. The first-order chi connectivity index (χ1) is 15.8. The highest BCUT2D eigenvalue weighted by atomic mass is 35.5. The van der Waals surface area contributed by atoms with Crippen LogP contribution in [0.4, 0.5) is 5.69 Å². The molecule has 0 unspecified atom stereocenters. The molecule has 3 aliphatic heterocycles. The molecule has 2 aromatic carbocycles. The van der Waals surface area contributed by atoms with Gasteiger partial charge in [-0.25, -0.2) is 0 Å². The molecule has 2 fully saturated rings. The molecule has 8 nitrogen and oxygen atoms in total. The molecule has 5 rings (SSSR count). The number of carbonyl (C=O) groups excluding carboxylic acids is 4. The van der Waals surface area contributed by atoms with E-state index in [1.807, 2.05) is 30.3 Å². The molecule has 1 spiro atoms. The zero-order valence-corrected chi connectivity index (χ0v) is 18.5. The van der Waals surface area contributed by atoms with Crippen LogP contribution in [0, 0.1) is 11.8 Å². The first-order valence-electron chi connectivity index (χ1n) is 10.9. The summed E-state index contributed by atoms with van der Waals surface area (Å²) in [4.78, 5) is 53.2. The Morgan fingerprint density at radius 1 is 1.09 bits per heavy atom. The van der Waals surface area contributed by atoms with Crippen LogP contribution in [0.25, 0.3) is 0 Å². The Morgan fingerprint density at radius 3 is 2.58 bits per heavy atom. The van der Waals surface area contributed by atoms with E-state index in [1.54, 1.807) is 18.2 Å². The van der Waals surface area contributed by atoms with Crippen LogP contribution in [-0.2, 0) is 31.1 Å². The quantitative estimate of drug-likeness (QED) is 0.558. The molecule has 3 aliphatic rings. The summed E-state index contributed by atoms with van der Waals surface area (Å²) < 4.78 is 0. The van der Waals surface area contributed by atoms with Gasteiger partial charge in [-0.05, 0) is 36.6 Å². The van der Waals surface area contributed by atoms with Crippen molar-refractivity contribution in [2.24, 2.45) is 17.6 Å². The topological polar surface area (TPSA) is 122 Å². The highest BCUT2D eigenvalue weighted by Gasteiger charge is 2.70. The van der Waals surface area contributed by atoms with Crippen LogP contribution in [0.2, 0.25) is 5.02 Å². The molecule has 2 saturated heterocycles. The molecule has 9 heteroatoms. The zero-order chi connectivity index (χ0) is 23.3. The normalized spacial score (nSPS) is 27.7. The predicted molar refractivity (Wildman–Crippen MR) is 121 cm³/mol. The average Bonchev–Trinajstić information content (AvgIpc) is 3.37. The van der Waals surface area contributed by atoms with Crippen molar-refractivity contribution in [3.05, 3.63) is 64.7 Å². The molecular formula is C24H23ClN4O4. The molecule has 4 amide bonds. The maximum atomic E-state index is 13.7. The van der Waals surface area contributed by atoms with Crippen LogP contribution in [0.5, 0.6) is 0 Å². The van der Waals surface area contributed by atoms with Gasteiger partial charge in [0.05, 0.1) is 11.8 Å². The lowest BCUT2D eigenvalue weighted by Gasteiger charge is -2.29. The van der Waals surface area contributed by atoms with Gasteiger partial charge in [-0.2, -0.15) is 0 Å². The number of primary amides is 1. The maximum absolute atomic E-state index is 13.7. The van der Waals surface area contributed by atoms with Gasteiger partial charge in [0, 0.05) is 35.3 Å². The number of imide groups is 1. The van der Waals surface area contributed by atoms with Crippen molar-refractivity contribution >= 4 is 40.9 Å². The van der Waals surface area contributed by atoms with Crippen molar-refractivity contribution in [1.82, 2.24) is 10.2 Å². The van der Waals surface area contributed by atoms with Crippen LogP contribution < -0.4 is 16.4 Å². The average molecular weight is 467 g/mol. The van der Waals surface area contributed by atoms with Gasteiger partial charge >= 0.3 is 0 Å². The molecule has 0 radical (unpaired) electrons. The second-order valence-electron chi connectivity index (χ2n) is 8.78. The van der Waals surface area contributed by atoms with E-state index in [0.29, 0.717) is 22.7 Å². The van der Waals surface area contributed by atoms with E-state index in [9.17, 15) is 19.2 Å². The molecule has 2 aromatic rings. The molecular weight excluding hydrogens is 444 g/mol. The van der Waals surface area contributed by atoms with Crippen molar-refractivity contribution < 1.29 is 19.2 Å². The third-order valence-corrected chi connectivity index (χ3v) is 7.17. The van der Waals surface area contributed by atoms with Crippen LogP contribution in [0.15, 0.2) is 48.5 Å². The third-order valence-electron chi connectivity index (χ3n) is 6.94. The largest absolute Gasteiger partial charge is 0.370 e. The monoisotopic (exact) mass is 466 g/mol. The number of hydrogen-bond donors (Lipinski definition) is 3. The lowest BCUT2D eigenvalue weighted by molar-refractivity contribution is -0.142. The van der Waals surface area contributed by atoms with Crippen molar-refractivity contribution in [1.29, 1.82) is 0 Å². The summed E-state index contributed by atoms with van der Waals surface area (Å²) in [6, 6.07) is 14.0. The van der Waals surface area contributed by atoms with Crippen molar-refractivity contribution in [3.63, 3.8) is 0 Å². The third kappa shape index (κ3) is 3.32. The fourth-order valence-electron chi connectivity index (χ4n) is 5.49. The number of nitrogens with zero attached hydrogens (tertiary/aromatic N) is 1. The number of amides is 4. The van der Waals surface area contributed by atoms with Crippen LogP contribution in [0.1, 0.15) is 24.0 Å².